The first-order valence-corrected chi connectivity index (χ1v) is 8.62. The van der Waals surface area contributed by atoms with Gasteiger partial charge in [-0.3, -0.25) is 0 Å². The fraction of sp³-hybridized carbons (Fsp3) is 0.647. The van der Waals surface area contributed by atoms with Gasteiger partial charge in [0.2, 0.25) is 0 Å². The molecule has 2 atom stereocenters. The number of halogens is 1. The van der Waals surface area contributed by atoms with Crippen molar-refractivity contribution in [2.75, 3.05) is 31.7 Å². The summed E-state index contributed by atoms with van der Waals surface area (Å²) in [6, 6.07) is 7.53. The van der Waals surface area contributed by atoms with E-state index in [1.165, 1.54) is 11.3 Å². The van der Waals surface area contributed by atoms with Gasteiger partial charge >= 0.3 is 0 Å². The topological polar surface area (TPSA) is 24.5 Å². The van der Waals surface area contributed by atoms with Gasteiger partial charge in [-0.05, 0) is 60.4 Å². The highest BCUT2D eigenvalue weighted by atomic mass is 79.9. The zero-order valence-electron chi connectivity index (χ0n) is 13.9. The van der Waals surface area contributed by atoms with Crippen LogP contribution in [-0.4, -0.2) is 32.8 Å². The molecule has 0 aliphatic carbocycles. The van der Waals surface area contributed by atoms with E-state index in [1.54, 1.807) is 7.11 Å². The van der Waals surface area contributed by atoms with Crippen LogP contribution in [0, 0.1) is 0 Å². The maximum absolute atomic E-state index is 5.26. The molecule has 0 bridgehead atoms. The lowest BCUT2D eigenvalue weighted by Gasteiger charge is -2.32. The molecular weight excluding hydrogens is 328 g/mol. The third-order valence-corrected chi connectivity index (χ3v) is 4.59. The molecule has 0 aliphatic heterocycles. The maximum atomic E-state index is 5.26. The summed E-state index contributed by atoms with van der Waals surface area (Å²) in [6.45, 7) is 11.4. The average Bonchev–Trinajstić information content (AvgIpc) is 2.48. The van der Waals surface area contributed by atoms with Gasteiger partial charge in [-0.2, -0.15) is 0 Å². The number of methoxy groups -OCH3 is 1. The molecule has 1 aromatic rings. The van der Waals surface area contributed by atoms with Crippen molar-refractivity contribution in [3.05, 3.63) is 28.2 Å². The van der Waals surface area contributed by atoms with E-state index in [0.717, 1.165) is 30.6 Å². The molecule has 1 rings (SSSR count). The van der Waals surface area contributed by atoms with E-state index in [0.29, 0.717) is 12.1 Å². The molecule has 0 saturated carbocycles. The van der Waals surface area contributed by atoms with Crippen LogP contribution in [0.25, 0.3) is 0 Å². The maximum Gasteiger partial charge on any atom is 0.0637 e. The zero-order chi connectivity index (χ0) is 15.8. The predicted octanol–water partition coefficient (Wildman–Crippen LogP) is 4.37. The van der Waals surface area contributed by atoms with Crippen LogP contribution in [0.15, 0.2) is 22.7 Å². The second-order valence-electron chi connectivity index (χ2n) is 5.43. The fourth-order valence-electron chi connectivity index (χ4n) is 2.44. The molecule has 1 N–H and O–H groups in total. The number of hydrogen-bond donors (Lipinski definition) is 1. The first kappa shape index (κ1) is 18.5. The SMILES string of the molecule is CCNC(C)c1ccc(N(CCOC)C(C)CC)c(Br)c1. The Bertz CT molecular complexity index is 425. The van der Waals surface area contributed by atoms with Gasteiger partial charge in [-0.25, -0.2) is 0 Å². The number of nitrogens with zero attached hydrogens (tertiary/aromatic N) is 1. The van der Waals surface area contributed by atoms with Crippen LogP contribution in [0.2, 0.25) is 0 Å². The Hall–Kier alpha value is -0.580. The molecule has 3 nitrogen and oxygen atoms in total. The summed E-state index contributed by atoms with van der Waals surface area (Å²) in [5.41, 5.74) is 2.55. The summed E-state index contributed by atoms with van der Waals surface area (Å²) in [4.78, 5) is 2.41. The number of rotatable bonds is 9. The standard InChI is InChI=1S/C17H29BrN2O/c1-6-13(3)20(10-11-21-5)17-9-8-15(12-16(17)18)14(4)19-7-2/h8-9,12-14,19H,6-7,10-11H2,1-5H3. The molecule has 2 unspecified atom stereocenters. The predicted molar refractivity (Wildman–Crippen MR) is 95.2 cm³/mol. The summed E-state index contributed by atoms with van der Waals surface area (Å²) in [7, 11) is 1.75. The van der Waals surface area contributed by atoms with Crippen molar-refractivity contribution in [2.45, 2.75) is 46.2 Å². The molecule has 1 aromatic carbocycles. The van der Waals surface area contributed by atoms with Crippen molar-refractivity contribution < 1.29 is 4.74 Å². The lowest BCUT2D eigenvalue weighted by molar-refractivity contribution is 0.203. The Morgan fingerprint density at radius 3 is 2.52 bits per heavy atom. The summed E-state index contributed by atoms with van der Waals surface area (Å²) in [6.07, 6.45) is 1.12. The van der Waals surface area contributed by atoms with E-state index in [1.807, 2.05) is 0 Å². The van der Waals surface area contributed by atoms with Gasteiger partial charge in [0.05, 0.1) is 12.3 Å². The normalized spacial score (nSPS) is 14.0. The number of anilines is 1. The van der Waals surface area contributed by atoms with Crippen LogP contribution >= 0.6 is 15.9 Å². The molecule has 4 heteroatoms. The highest BCUT2D eigenvalue weighted by Crippen LogP contribution is 2.31. The molecule has 0 aliphatic rings. The second-order valence-corrected chi connectivity index (χ2v) is 6.29. The second kappa shape index (κ2) is 9.44. The van der Waals surface area contributed by atoms with Crippen LogP contribution in [0.3, 0.4) is 0 Å². The summed E-state index contributed by atoms with van der Waals surface area (Å²) in [5.74, 6) is 0. The minimum atomic E-state index is 0.372. The van der Waals surface area contributed by atoms with E-state index in [-0.39, 0.29) is 0 Å². The van der Waals surface area contributed by atoms with Gasteiger partial charge in [0.1, 0.15) is 0 Å². The molecule has 0 saturated heterocycles. The van der Waals surface area contributed by atoms with Crippen molar-refractivity contribution in [3.63, 3.8) is 0 Å². The molecule has 0 fully saturated rings. The molecule has 0 radical (unpaired) electrons. The summed E-state index contributed by atoms with van der Waals surface area (Å²) in [5, 5.41) is 3.45. The summed E-state index contributed by atoms with van der Waals surface area (Å²) < 4.78 is 6.41. The third kappa shape index (κ3) is 5.28. The monoisotopic (exact) mass is 356 g/mol. The van der Waals surface area contributed by atoms with Gasteiger partial charge in [0.25, 0.3) is 0 Å². The highest BCUT2D eigenvalue weighted by molar-refractivity contribution is 9.10. The van der Waals surface area contributed by atoms with Crippen molar-refractivity contribution >= 4 is 21.6 Å². The Morgan fingerprint density at radius 1 is 1.29 bits per heavy atom. The first-order chi connectivity index (χ1) is 10.0. The quantitative estimate of drug-likeness (QED) is 0.710. The van der Waals surface area contributed by atoms with Crippen molar-refractivity contribution in [3.8, 4) is 0 Å². The van der Waals surface area contributed by atoms with Crippen LogP contribution in [0.1, 0.15) is 45.7 Å². The van der Waals surface area contributed by atoms with Crippen LogP contribution in [0.4, 0.5) is 5.69 Å². The van der Waals surface area contributed by atoms with Crippen LogP contribution in [0.5, 0.6) is 0 Å². The molecular formula is C17H29BrN2O. The van der Waals surface area contributed by atoms with E-state index >= 15 is 0 Å². The minimum Gasteiger partial charge on any atom is -0.383 e. The number of nitrogens with one attached hydrogen (secondary N) is 1. The average molecular weight is 357 g/mol. The van der Waals surface area contributed by atoms with Crippen molar-refractivity contribution in [1.82, 2.24) is 5.32 Å². The summed E-state index contributed by atoms with van der Waals surface area (Å²) >= 11 is 3.75. The van der Waals surface area contributed by atoms with Crippen LogP contribution < -0.4 is 10.2 Å². The van der Waals surface area contributed by atoms with Gasteiger partial charge in [-0.15, -0.1) is 0 Å². The third-order valence-electron chi connectivity index (χ3n) is 3.95. The molecule has 0 heterocycles. The molecule has 0 spiro atoms. The molecule has 120 valence electrons. The largest absolute Gasteiger partial charge is 0.383 e. The first-order valence-electron chi connectivity index (χ1n) is 7.83. The smallest absolute Gasteiger partial charge is 0.0637 e. The van der Waals surface area contributed by atoms with Crippen molar-refractivity contribution in [2.24, 2.45) is 0 Å². The highest BCUT2D eigenvalue weighted by Gasteiger charge is 2.16. The number of ether oxygens (including phenoxy) is 1. The van der Waals surface area contributed by atoms with Crippen LogP contribution in [-0.2, 0) is 4.74 Å². The molecule has 0 aromatic heterocycles. The lowest BCUT2D eigenvalue weighted by atomic mass is 10.1. The Balaban J connectivity index is 2.98. The van der Waals surface area contributed by atoms with Crippen molar-refractivity contribution in [1.29, 1.82) is 0 Å². The van der Waals surface area contributed by atoms with Gasteiger partial charge in [0, 0.05) is 30.2 Å². The van der Waals surface area contributed by atoms with E-state index in [2.05, 4.69) is 72.0 Å². The van der Waals surface area contributed by atoms with E-state index < -0.39 is 0 Å². The van der Waals surface area contributed by atoms with Gasteiger partial charge in [0.15, 0.2) is 0 Å². The Morgan fingerprint density at radius 2 is 2.00 bits per heavy atom. The Labute approximate surface area is 138 Å². The molecule has 0 amide bonds. The fourth-order valence-corrected chi connectivity index (χ4v) is 3.06. The Kier molecular flexibility index (Phi) is 8.30. The number of benzene rings is 1. The zero-order valence-corrected chi connectivity index (χ0v) is 15.5. The van der Waals surface area contributed by atoms with Gasteiger partial charge in [-0.1, -0.05) is 19.9 Å². The number of hydrogen-bond acceptors (Lipinski definition) is 3. The molecule has 21 heavy (non-hydrogen) atoms. The van der Waals surface area contributed by atoms with Gasteiger partial charge < -0.3 is 15.0 Å². The lowest BCUT2D eigenvalue weighted by Crippen LogP contribution is -2.35. The van der Waals surface area contributed by atoms with E-state index in [9.17, 15) is 0 Å². The van der Waals surface area contributed by atoms with E-state index in [4.69, 9.17) is 4.74 Å². The minimum absolute atomic E-state index is 0.372.